The molecule has 0 aliphatic heterocycles. The van der Waals surface area contributed by atoms with Crippen LogP contribution in [0.3, 0.4) is 0 Å². The third kappa shape index (κ3) is 4.12. The lowest BCUT2D eigenvalue weighted by molar-refractivity contribution is 0.104. The lowest BCUT2D eigenvalue weighted by Crippen LogP contribution is -1.95. The van der Waals surface area contributed by atoms with Crippen molar-refractivity contribution >= 4 is 34.7 Å². The van der Waals surface area contributed by atoms with Crippen molar-refractivity contribution in [1.29, 1.82) is 0 Å². The molecule has 0 spiro atoms. The monoisotopic (exact) mass is 291 g/mol. The average Bonchev–Trinajstić information content (AvgIpc) is 2.39. The number of benzene rings is 2. The Labute approximate surface area is 121 Å². The summed E-state index contributed by atoms with van der Waals surface area (Å²) in [6, 6.07) is 14.0. The van der Waals surface area contributed by atoms with Gasteiger partial charge in [0.2, 0.25) is 0 Å². The predicted molar refractivity (Wildman–Crippen MR) is 80.0 cm³/mol. The smallest absolute Gasteiger partial charge is 0.187 e. The lowest BCUT2D eigenvalue weighted by Gasteiger charge is -2.00. The van der Waals surface area contributed by atoms with E-state index in [1.165, 1.54) is 6.08 Å². The van der Waals surface area contributed by atoms with Crippen LogP contribution in [0.1, 0.15) is 10.4 Å². The summed E-state index contributed by atoms with van der Waals surface area (Å²) < 4.78 is 0. The fourth-order valence-electron chi connectivity index (χ4n) is 1.50. The first-order chi connectivity index (χ1) is 9.15. The largest absolute Gasteiger partial charge is 0.362 e. The number of allylic oxidation sites excluding steroid dienone is 1. The van der Waals surface area contributed by atoms with Crippen LogP contribution in [-0.4, -0.2) is 5.78 Å². The molecule has 0 amide bonds. The maximum absolute atomic E-state index is 11.8. The fraction of sp³-hybridized carbons (Fsp3) is 0. The van der Waals surface area contributed by atoms with E-state index in [1.54, 1.807) is 42.6 Å². The Morgan fingerprint density at radius 2 is 1.74 bits per heavy atom. The Morgan fingerprint density at radius 1 is 1.00 bits per heavy atom. The van der Waals surface area contributed by atoms with Crippen LogP contribution in [0, 0.1) is 0 Å². The Morgan fingerprint density at radius 3 is 2.42 bits per heavy atom. The van der Waals surface area contributed by atoms with Crippen molar-refractivity contribution in [2.75, 3.05) is 5.32 Å². The molecule has 0 saturated heterocycles. The summed E-state index contributed by atoms with van der Waals surface area (Å²) in [5.41, 5.74) is 1.42. The first-order valence-corrected chi connectivity index (χ1v) is 6.39. The van der Waals surface area contributed by atoms with Gasteiger partial charge >= 0.3 is 0 Å². The highest BCUT2D eigenvalue weighted by atomic mass is 35.5. The predicted octanol–water partition coefficient (Wildman–Crippen LogP) is 4.80. The van der Waals surface area contributed by atoms with Crippen molar-refractivity contribution in [3.8, 4) is 0 Å². The highest BCUT2D eigenvalue weighted by Gasteiger charge is 2.00. The number of hydrogen-bond donors (Lipinski definition) is 1. The second-order valence-corrected chi connectivity index (χ2v) is 4.73. The molecule has 96 valence electrons. The molecule has 0 aliphatic carbocycles. The molecule has 0 fully saturated rings. The number of hydrogen-bond acceptors (Lipinski definition) is 2. The molecule has 1 N–H and O–H groups in total. The minimum atomic E-state index is -0.0915. The third-order valence-corrected chi connectivity index (χ3v) is 2.93. The number of ketones is 1. The van der Waals surface area contributed by atoms with E-state index in [1.807, 2.05) is 12.1 Å². The molecule has 2 nitrogen and oxygen atoms in total. The topological polar surface area (TPSA) is 29.1 Å². The van der Waals surface area contributed by atoms with E-state index in [9.17, 15) is 4.79 Å². The minimum Gasteiger partial charge on any atom is -0.362 e. The summed E-state index contributed by atoms with van der Waals surface area (Å²) in [7, 11) is 0. The summed E-state index contributed by atoms with van der Waals surface area (Å²) in [6.07, 6.45) is 3.05. The van der Waals surface area contributed by atoms with Crippen LogP contribution in [0.2, 0.25) is 10.0 Å². The van der Waals surface area contributed by atoms with Crippen molar-refractivity contribution in [3.05, 3.63) is 76.4 Å². The van der Waals surface area contributed by atoms with Gasteiger partial charge in [-0.2, -0.15) is 0 Å². The van der Waals surface area contributed by atoms with E-state index in [0.717, 1.165) is 5.69 Å². The van der Waals surface area contributed by atoms with Crippen molar-refractivity contribution < 1.29 is 4.79 Å². The van der Waals surface area contributed by atoms with E-state index in [-0.39, 0.29) is 5.78 Å². The first-order valence-electron chi connectivity index (χ1n) is 5.64. The fourth-order valence-corrected chi connectivity index (χ4v) is 1.82. The summed E-state index contributed by atoms with van der Waals surface area (Å²) in [4.78, 5) is 11.8. The van der Waals surface area contributed by atoms with Crippen LogP contribution < -0.4 is 5.32 Å². The SMILES string of the molecule is O=C(/C=C/Nc1cccc(Cl)c1)c1ccc(Cl)cc1. The Balaban J connectivity index is 1.99. The van der Waals surface area contributed by atoms with Gasteiger partial charge in [0.25, 0.3) is 0 Å². The minimum absolute atomic E-state index is 0.0915. The summed E-state index contributed by atoms with van der Waals surface area (Å²) in [5, 5.41) is 4.24. The number of halogens is 2. The van der Waals surface area contributed by atoms with Crippen LogP contribution in [0.4, 0.5) is 5.69 Å². The molecule has 0 heterocycles. The molecular formula is C15H11Cl2NO. The van der Waals surface area contributed by atoms with Gasteiger partial charge in [-0.25, -0.2) is 0 Å². The number of anilines is 1. The van der Waals surface area contributed by atoms with Crippen LogP contribution in [0.25, 0.3) is 0 Å². The lowest BCUT2D eigenvalue weighted by atomic mass is 10.1. The number of carbonyl (C=O) groups excluding carboxylic acids is 1. The molecule has 0 radical (unpaired) electrons. The number of rotatable bonds is 4. The van der Waals surface area contributed by atoms with Gasteiger partial charge in [-0.15, -0.1) is 0 Å². The number of nitrogens with one attached hydrogen (secondary N) is 1. The maximum atomic E-state index is 11.8. The van der Waals surface area contributed by atoms with Crippen molar-refractivity contribution in [1.82, 2.24) is 0 Å². The molecule has 0 aliphatic rings. The normalized spacial score (nSPS) is 10.6. The van der Waals surface area contributed by atoms with Crippen molar-refractivity contribution in [2.45, 2.75) is 0 Å². The molecule has 0 aromatic heterocycles. The van der Waals surface area contributed by atoms with Gasteiger partial charge in [0.1, 0.15) is 0 Å². The quantitative estimate of drug-likeness (QED) is 0.647. The van der Waals surface area contributed by atoms with Gasteiger partial charge in [-0.05, 0) is 42.5 Å². The van der Waals surface area contributed by atoms with Crippen LogP contribution in [0.5, 0.6) is 0 Å². The molecule has 4 heteroatoms. The molecular weight excluding hydrogens is 281 g/mol. The van der Waals surface area contributed by atoms with Gasteiger partial charge < -0.3 is 5.32 Å². The second kappa shape index (κ2) is 6.41. The summed E-state index contributed by atoms with van der Waals surface area (Å²) in [6.45, 7) is 0. The van der Waals surface area contributed by atoms with E-state index >= 15 is 0 Å². The molecule has 2 rings (SSSR count). The van der Waals surface area contributed by atoms with E-state index < -0.39 is 0 Å². The highest BCUT2D eigenvalue weighted by Crippen LogP contribution is 2.15. The van der Waals surface area contributed by atoms with Crippen molar-refractivity contribution in [2.24, 2.45) is 0 Å². The molecule has 2 aromatic carbocycles. The Hall–Kier alpha value is -1.77. The molecule has 2 aromatic rings. The standard InChI is InChI=1S/C15H11Cl2NO/c16-12-6-4-11(5-7-12)15(19)8-9-18-14-3-1-2-13(17)10-14/h1-10,18H/b9-8+. The van der Waals surface area contributed by atoms with Gasteiger partial charge in [-0.3, -0.25) is 4.79 Å². The first kappa shape index (κ1) is 13.7. The zero-order valence-electron chi connectivity index (χ0n) is 9.94. The Bertz CT molecular complexity index is 606. The molecule has 0 unspecified atom stereocenters. The number of carbonyl (C=O) groups is 1. The van der Waals surface area contributed by atoms with Gasteiger partial charge in [-0.1, -0.05) is 29.3 Å². The maximum Gasteiger partial charge on any atom is 0.187 e. The van der Waals surface area contributed by atoms with Gasteiger partial charge in [0.05, 0.1) is 0 Å². The molecule has 0 saturated carbocycles. The summed E-state index contributed by atoms with van der Waals surface area (Å²) in [5.74, 6) is -0.0915. The Kier molecular flexibility index (Phi) is 4.61. The van der Waals surface area contributed by atoms with Crippen LogP contribution in [-0.2, 0) is 0 Å². The molecule has 19 heavy (non-hydrogen) atoms. The second-order valence-electron chi connectivity index (χ2n) is 3.86. The zero-order valence-corrected chi connectivity index (χ0v) is 11.4. The van der Waals surface area contributed by atoms with E-state index in [4.69, 9.17) is 23.2 Å². The van der Waals surface area contributed by atoms with E-state index in [0.29, 0.717) is 15.6 Å². The van der Waals surface area contributed by atoms with Crippen LogP contribution >= 0.6 is 23.2 Å². The van der Waals surface area contributed by atoms with E-state index in [2.05, 4.69) is 5.32 Å². The van der Waals surface area contributed by atoms with Crippen molar-refractivity contribution in [3.63, 3.8) is 0 Å². The summed E-state index contributed by atoms with van der Waals surface area (Å²) >= 11 is 11.6. The average molecular weight is 292 g/mol. The zero-order chi connectivity index (χ0) is 13.7. The van der Waals surface area contributed by atoms with Crippen LogP contribution in [0.15, 0.2) is 60.8 Å². The molecule has 0 bridgehead atoms. The van der Waals surface area contributed by atoms with Gasteiger partial charge in [0, 0.05) is 33.6 Å². The highest BCUT2D eigenvalue weighted by molar-refractivity contribution is 6.31. The van der Waals surface area contributed by atoms with Gasteiger partial charge in [0.15, 0.2) is 5.78 Å². The third-order valence-electron chi connectivity index (χ3n) is 2.44. The molecule has 0 atom stereocenters.